The largest absolute Gasteiger partial charge is 0.508 e. The van der Waals surface area contributed by atoms with Crippen LogP contribution in [-0.4, -0.2) is 62.0 Å². The Morgan fingerprint density at radius 1 is 1.07 bits per heavy atom. The van der Waals surface area contributed by atoms with Gasteiger partial charge in [0, 0.05) is 21.9 Å². The smallest absolute Gasteiger partial charge is 0.337 e. The average Bonchev–Trinajstić information content (AvgIpc) is 3.00. The molecule has 1 aliphatic heterocycles. The van der Waals surface area contributed by atoms with E-state index in [1.165, 1.54) is 42.5 Å². The molecule has 3 atom stereocenters. The Kier molecular flexibility index (Phi) is 10.3. The lowest BCUT2D eigenvalue weighted by Gasteiger charge is -2.47. The molecule has 0 saturated heterocycles. The van der Waals surface area contributed by atoms with Crippen LogP contribution in [0.3, 0.4) is 0 Å². The van der Waals surface area contributed by atoms with Crippen molar-refractivity contribution in [3.63, 3.8) is 0 Å². The van der Waals surface area contributed by atoms with E-state index in [1.807, 2.05) is 0 Å². The number of hydrogen-bond donors (Lipinski definition) is 4. The number of nitrogens with one attached hydrogen (secondary N) is 1. The quantitative estimate of drug-likeness (QED) is 0.150. The second-order valence-electron chi connectivity index (χ2n) is 11.2. The van der Waals surface area contributed by atoms with Gasteiger partial charge in [0.05, 0.1) is 43.0 Å². The predicted octanol–water partition coefficient (Wildman–Crippen LogP) is 6.69. The number of aromatic hydroxyl groups is 1. The van der Waals surface area contributed by atoms with Gasteiger partial charge in [0.1, 0.15) is 5.75 Å². The van der Waals surface area contributed by atoms with Crippen LogP contribution in [0.25, 0.3) is 0 Å². The van der Waals surface area contributed by atoms with Crippen molar-refractivity contribution < 1.29 is 38.2 Å². The number of ether oxygens (including phenoxy) is 1. The fourth-order valence-electron chi connectivity index (χ4n) is 6.05. The monoisotopic (exact) mass is 689 g/mol. The van der Waals surface area contributed by atoms with Crippen molar-refractivity contribution in [1.82, 2.24) is 10.4 Å². The number of benzene rings is 3. The highest BCUT2D eigenvalue weighted by molar-refractivity contribution is 8.22. The minimum atomic E-state index is -3.31. The second kappa shape index (κ2) is 14.0. The van der Waals surface area contributed by atoms with Crippen molar-refractivity contribution in [3.05, 3.63) is 98.5 Å². The summed E-state index contributed by atoms with van der Waals surface area (Å²) in [6, 6.07) is 13.7. The van der Waals surface area contributed by atoms with E-state index in [0.29, 0.717) is 40.3 Å². The van der Waals surface area contributed by atoms with Crippen molar-refractivity contribution in [1.29, 1.82) is 0 Å². The van der Waals surface area contributed by atoms with Crippen LogP contribution in [0, 0.1) is 0 Å². The van der Waals surface area contributed by atoms with Crippen molar-refractivity contribution in [2.45, 2.75) is 50.3 Å². The van der Waals surface area contributed by atoms with Gasteiger partial charge in [-0.05, 0) is 78.4 Å². The maximum atomic E-state index is 14.4. The minimum absolute atomic E-state index is 0.0982. The van der Waals surface area contributed by atoms with Gasteiger partial charge in [0.2, 0.25) is 0 Å². The molecule has 46 heavy (non-hydrogen) atoms. The predicted molar refractivity (Wildman–Crippen MR) is 175 cm³/mol. The number of hydrogen-bond acceptors (Lipinski definition) is 9. The van der Waals surface area contributed by atoms with E-state index in [9.17, 15) is 28.6 Å². The average molecular weight is 691 g/mol. The van der Waals surface area contributed by atoms with Crippen LogP contribution in [0.5, 0.6) is 5.75 Å². The molecule has 244 valence electrons. The maximum absolute atomic E-state index is 14.4. The van der Waals surface area contributed by atoms with Crippen LogP contribution < -0.4 is 5.48 Å². The first-order valence-electron chi connectivity index (χ1n) is 14.4. The SMILES string of the molecule is COC(=O)c1cccc(CONC(=O)[C@@H]2c3cc(O)ccc3C(=O)N(C3CCCCC3=NS(C)(O)O)[C@H]2c2ccc(Cl)cc2Cl)c1. The number of carbonyl (C=O) groups is 3. The maximum Gasteiger partial charge on any atom is 0.337 e. The molecule has 0 spiro atoms. The molecule has 1 fully saturated rings. The van der Waals surface area contributed by atoms with E-state index in [2.05, 4.69) is 9.88 Å². The van der Waals surface area contributed by atoms with Crippen molar-refractivity contribution in [2.75, 3.05) is 13.4 Å². The van der Waals surface area contributed by atoms with Gasteiger partial charge in [-0.25, -0.2) is 10.3 Å². The standard InChI is InChI=1S/C32H33Cl2N3O8S/c1-44-32(41)19-7-5-6-18(14-19)17-45-35-30(39)28-24-16-21(38)11-13-22(24)31(40)37(29(28)23-12-10-20(33)15-25(23)34)27-9-4-3-8-26(27)36-46(2,42)43/h5-7,10-16,27-29,38,42-43H,3-4,8-9,17H2,1-2H3,(H,35,39)/t27?,28-,29+/m1/s1. The Balaban J connectivity index is 1.59. The highest BCUT2D eigenvalue weighted by Gasteiger charge is 2.49. The summed E-state index contributed by atoms with van der Waals surface area (Å²) in [4.78, 5) is 47.7. The normalized spacial score (nSPS) is 21.1. The zero-order valence-electron chi connectivity index (χ0n) is 25.0. The zero-order valence-corrected chi connectivity index (χ0v) is 27.3. The Hall–Kier alpha value is -3.65. The number of nitrogens with zero attached hydrogens (tertiary/aromatic N) is 2. The fourth-order valence-corrected chi connectivity index (χ4v) is 7.23. The van der Waals surface area contributed by atoms with Crippen LogP contribution in [0.15, 0.2) is 65.1 Å². The number of methoxy groups -OCH3 is 1. The molecule has 5 rings (SSSR count). The van der Waals surface area contributed by atoms with E-state index >= 15 is 0 Å². The molecule has 2 aliphatic rings. The molecule has 0 bridgehead atoms. The van der Waals surface area contributed by atoms with E-state index in [0.717, 1.165) is 12.8 Å². The summed E-state index contributed by atoms with van der Waals surface area (Å²) in [6.07, 6.45) is 3.55. The van der Waals surface area contributed by atoms with E-state index in [-0.39, 0.29) is 28.5 Å². The van der Waals surface area contributed by atoms with Gasteiger partial charge < -0.3 is 14.7 Å². The molecular weight excluding hydrogens is 657 g/mol. The van der Waals surface area contributed by atoms with Gasteiger partial charge in [0.25, 0.3) is 11.8 Å². The Bertz CT molecular complexity index is 1700. The number of fused-ring (bicyclic) bond motifs is 1. The molecule has 3 aromatic rings. The van der Waals surface area contributed by atoms with Crippen molar-refractivity contribution >= 4 is 57.5 Å². The first kappa shape index (κ1) is 33.7. The molecule has 4 N–H and O–H groups in total. The Morgan fingerprint density at radius 3 is 2.57 bits per heavy atom. The Labute approximate surface area is 277 Å². The lowest BCUT2D eigenvalue weighted by atomic mass is 9.77. The highest BCUT2D eigenvalue weighted by Crippen LogP contribution is 2.49. The number of amides is 2. The van der Waals surface area contributed by atoms with E-state index in [4.69, 9.17) is 32.8 Å². The number of phenols is 1. The summed E-state index contributed by atoms with van der Waals surface area (Å²) in [5, 5.41) is 11.0. The van der Waals surface area contributed by atoms with Gasteiger partial charge in [0.15, 0.2) is 0 Å². The number of esters is 1. The van der Waals surface area contributed by atoms with Gasteiger partial charge in [-0.1, -0.05) is 47.8 Å². The number of hydroxylamine groups is 1. The van der Waals surface area contributed by atoms with E-state index in [1.54, 1.807) is 36.4 Å². The molecule has 3 aromatic carbocycles. The molecule has 1 aliphatic carbocycles. The summed E-state index contributed by atoms with van der Waals surface area (Å²) >= 11 is 13.0. The lowest BCUT2D eigenvalue weighted by molar-refractivity contribution is -0.138. The molecule has 1 unspecified atom stereocenters. The van der Waals surface area contributed by atoms with Crippen LogP contribution in [-0.2, 0) is 21.0 Å². The van der Waals surface area contributed by atoms with Crippen molar-refractivity contribution in [3.8, 4) is 5.75 Å². The molecule has 2 amide bonds. The van der Waals surface area contributed by atoms with Crippen LogP contribution in [0.4, 0.5) is 0 Å². The molecule has 0 aromatic heterocycles. The number of halogens is 2. The summed E-state index contributed by atoms with van der Waals surface area (Å²) < 4.78 is 29.5. The number of carbonyl (C=O) groups excluding carboxylic acids is 3. The first-order chi connectivity index (χ1) is 21.9. The summed E-state index contributed by atoms with van der Waals surface area (Å²) in [7, 11) is -2.03. The molecule has 1 saturated carbocycles. The third-order valence-electron chi connectivity index (χ3n) is 7.94. The lowest BCUT2D eigenvalue weighted by Crippen LogP contribution is -2.54. The molecule has 14 heteroatoms. The number of rotatable bonds is 8. The third kappa shape index (κ3) is 7.33. The van der Waals surface area contributed by atoms with Crippen LogP contribution in [0.1, 0.15) is 75.0 Å². The molecule has 11 nitrogen and oxygen atoms in total. The fraction of sp³-hybridized carbons (Fsp3) is 0.312. The zero-order chi connectivity index (χ0) is 33.2. The van der Waals surface area contributed by atoms with Crippen LogP contribution >= 0.6 is 34.0 Å². The third-order valence-corrected chi connectivity index (χ3v) is 9.09. The van der Waals surface area contributed by atoms with Gasteiger partial charge in [-0.15, -0.1) is 10.8 Å². The first-order valence-corrected chi connectivity index (χ1v) is 17.1. The second-order valence-corrected chi connectivity index (χ2v) is 13.8. The van der Waals surface area contributed by atoms with Crippen LogP contribution in [0.2, 0.25) is 10.0 Å². The molecule has 0 radical (unpaired) electrons. The summed E-state index contributed by atoms with van der Waals surface area (Å²) in [5.74, 6) is -2.91. The van der Waals surface area contributed by atoms with Gasteiger partial charge in [-0.2, -0.15) is 4.40 Å². The molecular formula is C32H33Cl2N3O8S. The van der Waals surface area contributed by atoms with Gasteiger partial charge in [-0.3, -0.25) is 23.5 Å². The van der Waals surface area contributed by atoms with Crippen molar-refractivity contribution in [2.24, 2.45) is 4.40 Å². The van der Waals surface area contributed by atoms with Gasteiger partial charge >= 0.3 is 5.97 Å². The Morgan fingerprint density at radius 2 is 1.85 bits per heavy atom. The summed E-state index contributed by atoms with van der Waals surface area (Å²) in [6.45, 7) is -0.0982. The highest BCUT2D eigenvalue weighted by atomic mass is 35.5. The van der Waals surface area contributed by atoms with E-state index < -0.39 is 46.6 Å². The summed E-state index contributed by atoms with van der Waals surface area (Å²) in [5.41, 5.74) is 4.66. The number of phenolic OH excluding ortho intramolecular Hbond substituents is 1. The molecule has 1 heterocycles. The topological polar surface area (TPSA) is 158 Å². The minimum Gasteiger partial charge on any atom is -0.508 e.